The summed E-state index contributed by atoms with van der Waals surface area (Å²) in [5.41, 5.74) is 2.35. The predicted octanol–water partition coefficient (Wildman–Crippen LogP) is 1.88. The van der Waals surface area contributed by atoms with E-state index in [1.54, 1.807) is 0 Å². The van der Waals surface area contributed by atoms with Crippen LogP contribution in [0.5, 0.6) is 5.88 Å². The number of aliphatic hydroxyl groups is 1. The monoisotopic (exact) mass is 230 g/mol. The summed E-state index contributed by atoms with van der Waals surface area (Å²) < 4.78 is 5.08. The number of aryl methyl sites for hydroxylation is 1. The van der Waals surface area contributed by atoms with Crippen LogP contribution in [0.4, 0.5) is 0 Å². The molecule has 0 fully saturated rings. The summed E-state index contributed by atoms with van der Waals surface area (Å²) in [6, 6.07) is 7.63. The second-order valence-electron chi connectivity index (χ2n) is 3.76. The first-order valence-electron chi connectivity index (χ1n) is 5.32. The van der Waals surface area contributed by atoms with Gasteiger partial charge in [0.25, 0.3) is 0 Å². The highest BCUT2D eigenvalue weighted by Crippen LogP contribution is 2.25. The van der Waals surface area contributed by atoms with E-state index in [2.05, 4.69) is 9.97 Å². The van der Waals surface area contributed by atoms with Gasteiger partial charge in [0, 0.05) is 12.4 Å². The van der Waals surface area contributed by atoms with Gasteiger partial charge in [-0.25, -0.2) is 4.98 Å². The first kappa shape index (κ1) is 11.5. The lowest BCUT2D eigenvalue weighted by Crippen LogP contribution is -2.06. The summed E-state index contributed by atoms with van der Waals surface area (Å²) in [7, 11) is 1.51. The third-order valence-corrected chi connectivity index (χ3v) is 2.54. The van der Waals surface area contributed by atoms with E-state index in [0.717, 1.165) is 11.1 Å². The van der Waals surface area contributed by atoms with Crippen molar-refractivity contribution in [1.82, 2.24) is 9.97 Å². The molecule has 0 amide bonds. The van der Waals surface area contributed by atoms with Gasteiger partial charge in [-0.05, 0) is 12.5 Å². The molecule has 0 aliphatic rings. The fourth-order valence-corrected chi connectivity index (χ4v) is 1.59. The van der Waals surface area contributed by atoms with Crippen molar-refractivity contribution < 1.29 is 9.84 Å². The van der Waals surface area contributed by atoms with Crippen molar-refractivity contribution in [3.05, 3.63) is 53.5 Å². The molecule has 0 spiro atoms. The van der Waals surface area contributed by atoms with Crippen molar-refractivity contribution in [2.75, 3.05) is 7.11 Å². The van der Waals surface area contributed by atoms with Crippen LogP contribution in [0.2, 0.25) is 0 Å². The molecule has 1 N–H and O–H groups in total. The summed E-state index contributed by atoms with van der Waals surface area (Å²) in [5, 5.41) is 10.2. The Labute approximate surface area is 99.9 Å². The molecule has 1 atom stereocenters. The lowest BCUT2D eigenvalue weighted by atomic mass is 10.1. The van der Waals surface area contributed by atoms with Gasteiger partial charge < -0.3 is 9.84 Å². The van der Waals surface area contributed by atoms with Gasteiger partial charge in [0.1, 0.15) is 11.8 Å². The molecule has 1 aromatic carbocycles. The van der Waals surface area contributed by atoms with Gasteiger partial charge in [-0.2, -0.15) is 0 Å². The topological polar surface area (TPSA) is 55.2 Å². The van der Waals surface area contributed by atoms with Gasteiger partial charge >= 0.3 is 0 Å². The van der Waals surface area contributed by atoms with Crippen LogP contribution in [-0.2, 0) is 0 Å². The summed E-state index contributed by atoms with van der Waals surface area (Å²) in [4.78, 5) is 8.13. The number of aliphatic hydroxyl groups excluding tert-OH is 1. The van der Waals surface area contributed by atoms with Crippen molar-refractivity contribution in [2.45, 2.75) is 13.0 Å². The molecule has 4 nitrogen and oxygen atoms in total. The van der Waals surface area contributed by atoms with E-state index in [1.807, 2.05) is 31.2 Å². The maximum absolute atomic E-state index is 10.2. The third kappa shape index (κ3) is 2.42. The SMILES string of the molecule is COc1nccnc1C(O)c1ccc(C)cc1. The molecule has 17 heavy (non-hydrogen) atoms. The maximum atomic E-state index is 10.2. The summed E-state index contributed by atoms with van der Waals surface area (Å²) >= 11 is 0. The zero-order chi connectivity index (χ0) is 12.3. The van der Waals surface area contributed by atoms with Crippen LogP contribution >= 0.6 is 0 Å². The molecule has 0 saturated carbocycles. The van der Waals surface area contributed by atoms with Crippen LogP contribution in [-0.4, -0.2) is 22.2 Å². The number of aromatic nitrogens is 2. The van der Waals surface area contributed by atoms with Crippen LogP contribution in [0.25, 0.3) is 0 Å². The van der Waals surface area contributed by atoms with Crippen molar-refractivity contribution >= 4 is 0 Å². The molecular weight excluding hydrogens is 216 g/mol. The van der Waals surface area contributed by atoms with Gasteiger partial charge in [-0.1, -0.05) is 29.8 Å². The average molecular weight is 230 g/mol. The minimum Gasteiger partial charge on any atom is -0.480 e. The fourth-order valence-electron chi connectivity index (χ4n) is 1.59. The Morgan fingerprint density at radius 2 is 1.76 bits per heavy atom. The Hall–Kier alpha value is -1.94. The summed E-state index contributed by atoms with van der Waals surface area (Å²) in [6.45, 7) is 2.00. The van der Waals surface area contributed by atoms with E-state index in [-0.39, 0.29) is 0 Å². The largest absolute Gasteiger partial charge is 0.480 e. The molecule has 4 heteroatoms. The van der Waals surface area contributed by atoms with E-state index in [9.17, 15) is 5.11 Å². The fraction of sp³-hybridized carbons (Fsp3) is 0.231. The number of methoxy groups -OCH3 is 1. The maximum Gasteiger partial charge on any atom is 0.238 e. The summed E-state index contributed by atoms with van der Waals surface area (Å²) in [5.74, 6) is 0.348. The standard InChI is InChI=1S/C13H14N2O2/c1-9-3-5-10(6-4-9)12(16)11-13(17-2)15-8-7-14-11/h3-8,12,16H,1-2H3. The summed E-state index contributed by atoms with van der Waals surface area (Å²) in [6.07, 6.45) is 2.25. The Balaban J connectivity index is 2.36. The Morgan fingerprint density at radius 3 is 2.41 bits per heavy atom. The normalized spacial score (nSPS) is 12.2. The predicted molar refractivity (Wildman–Crippen MR) is 63.8 cm³/mol. The van der Waals surface area contributed by atoms with E-state index < -0.39 is 6.10 Å². The number of ether oxygens (including phenoxy) is 1. The van der Waals surface area contributed by atoms with Gasteiger partial charge in [-0.15, -0.1) is 0 Å². The minimum absolute atomic E-state index is 0.348. The minimum atomic E-state index is -0.820. The Morgan fingerprint density at radius 1 is 1.12 bits per heavy atom. The van der Waals surface area contributed by atoms with Crippen molar-refractivity contribution in [1.29, 1.82) is 0 Å². The van der Waals surface area contributed by atoms with Gasteiger partial charge in [0.15, 0.2) is 0 Å². The molecule has 0 aliphatic heterocycles. The van der Waals surface area contributed by atoms with Gasteiger partial charge in [0.2, 0.25) is 5.88 Å². The van der Waals surface area contributed by atoms with Crippen LogP contribution < -0.4 is 4.74 Å². The van der Waals surface area contributed by atoms with Gasteiger partial charge in [0.05, 0.1) is 7.11 Å². The molecule has 0 saturated heterocycles. The Kier molecular flexibility index (Phi) is 3.35. The second-order valence-corrected chi connectivity index (χ2v) is 3.76. The average Bonchev–Trinajstić information content (AvgIpc) is 2.39. The zero-order valence-corrected chi connectivity index (χ0v) is 9.79. The molecule has 1 unspecified atom stereocenters. The number of hydrogen-bond donors (Lipinski definition) is 1. The van der Waals surface area contributed by atoms with Crippen LogP contribution in [0, 0.1) is 6.92 Å². The van der Waals surface area contributed by atoms with E-state index in [0.29, 0.717) is 11.6 Å². The van der Waals surface area contributed by atoms with E-state index in [1.165, 1.54) is 19.5 Å². The number of nitrogens with zero attached hydrogens (tertiary/aromatic N) is 2. The van der Waals surface area contributed by atoms with Gasteiger partial charge in [-0.3, -0.25) is 4.98 Å². The highest BCUT2D eigenvalue weighted by molar-refractivity contribution is 5.32. The molecule has 2 rings (SSSR count). The lowest BCUT2D eigenvalue weighted by molar-refractivity contribution is 0.207. The number of benzene rings is 1. The zero-order valence-electron chi connectivity index (χ0n) is 9.79. The third-order valence-electron chi connectivity index (χ3n) is 2.54. The van der Waals surface area contributed by atoms with Crippen molar-refractivity contribution in [2.24, 2.45) is 0 Å². The molecular formula is C13H14N2O2. The molecule has 2 aromatic rings. The van der Waals surface area contributed by atoms with E-state index in [4.69, 9.17) is 4.74 Å². The van der Waals surface area contributed by atoms with Crippen molar-refractivity contribution in [3.63, 3.8) is 0 Å². The van der Waals surface area contributed by atoms with Crippen LogP contribution in [0.15, 0.2) is 36.7 Å². The lowest BCUT2D eigenvalue weighted by Gasteiger charge is -2.12. The smallest absolute Gasteiger partial charge is 0.238 e. The highest BCUT2D eigenvalue weighted by Gasteiger charge is 2.17. The molecule has 1 aromatic heterocycles. The van der Waals surface area contributed by atoms with E-state index >= 15 is 0 Å². The molecule has 1 heterocycles. The molecule has 88 valence electrons. The number of hydrogen-bond acceptors (Lipinski definition) is 4. The van der Waals surface area contributed by atoms with Crippen LogP contribution in [0.1, 0.15) is 22.9 Å². The van der Waals surface area contributed by atoms with Crippen molar-refractivity contribution in [3.8, 4) is 5.88 Å². The first-order chi connectivity index (χ1) is 8.22. The quantitative estimate of drug-likeness (QED) is 0.874. The molecule has 0 bridgehead atoms. The first-order valence-corrected chi connectivity index (χ1v) is 5.32. The second kappa shape index (κ2) is 4.93. The Bertz CT molecular complexity index is 497. The van der Waals surface area contributed by atoms with Crippen LogP contribution in [0.3, 0.4) is 0 Å². The molecule has 0 aliphatic carbocycles. The highest BCUT2D eigenvalue weighted by atomic mass is 16.5. The molecule has 0 radical (unpaired) electrons. The number of rotatable bonds is 3.